The van der Waals surface area contributed by atoms with Gasteiger partial charge < -0.3 is 9.84 Å². The van der Waals surface area contributed by atoms with E-state index in [1.165, 1.54) is 25.3 Å². The van der Waals surface area contributed by atoms with Crippen LogP contribution in [0.4, 0.5) is 15.8 Å². The maximum atomic E-state index is 12.7. The van der Waals surface area contributed by atoms with Crippen LogP contribution < -0.4 is 0 Å². The van der Waals surface area contributed by atoms with Crippen LogP contribution in [0.15, 0.2) is 42.5 Å². The molecule has 0 spiro atoms. The fourth-order valence-electron chi connectivity index (χ4n) is 1.47. The second-order valence-corrected chi connectivity index (χ2v) is 4.01. The smallest absolute Gasteiger partial charge is 0.341 e. The zero-order valence-corrected chi connectivity index (χ0v) is 11.9. The molecule has 23 heavy (non-hydrogen) atoms. The van der Waals surface area contributed by atoms with Gasteiger partial charge in [-0.05, 0) is 24.3 Å². The molecule has 8 heteroatoms. The highest BCUT2D eigenvalue weighted by molar-refractivity contribution is 5.92. The summed E-state index contributed by atoms with van der Waals surface area (Å²) < 4.78 is 17.1. The van der Waals surface area contributed by atoms with Crippen LogP contribution in [-0.2, 0) is 4.74 Å². The molecule has 0 heterocycles. The monoisotopic (exact) mass is 318 g/mol. The van der Waals surface area contributed by atoms with Crippen LogP contribution in [0.3, 0.4) is 0 Å². The van der Waals surface area contributed by atoms with Crippen molar-refractivity contribution in [1.29, 1.82) is 0 Å². The summed E-state index contributed by atoms with van der Waals surface area (Å²) in [6.07, 6.45) is 0. The van der Waals surface area contributed by atoms with Crippen molar-refractivity contribution in [2.45, 2.75) is 0 Å². The second kappa shape index (κ2) is 8.09. The van der Waals surface area contributed by atoms with E-state index < -0.39 is 22.4 Å². The lowest BCUT2D eigenvalue weighted by atomic mass is 10.2. The fourth-order valence-corrected chi connectivity index (χ4v) is 1.47. The van der Waals surface area contributed by atoms with E-state index in [9.17, 15) is 19.3 Å². The van der Waals surface area contributed by atoms with Crippen molar-refractivity contribution in [3.63, 3.8) is 0 Å². The number of halogens is 1. The Kier molecular flexibility index (Phi) is 6.18. The molecule has 0 saturated carbocycles. The lowest BCUT2D eigenvalue weighted by Gasteiger charge is -1.99. The number of methoxy groups -OCH3 is 1. The summed E-state index contributed by atoms with van der Waals surface area (Å²) in [6.45, 7) is 6.51. The number of benzene rings is 2. The van der Waals surface area contributed by atoms with E-state index in [1.807, 2.05) is 0 Å². The van der Waals surface area contributed by atoms with Gasteiger partial charge >= 0.3 is 11.7 Å². The molecule has 0 saturated heterocycles. The highest BCUT2D eigenvalue weighted by atomic mass is 19.1. The van der Waals surface area contributed by atoms with Crippen LogP contribution in [0.1, 0.15) is 10.4 Å². The van der Waals surface area contributed by atoms with Crippen molar-refractivity contribution in [2.24, 2.45) is 0 Å². The van der Waals surface area contributed by atoms with E-state index in [2.05, 4.69) is 9.58 Å². The largest absolute Gasteiger partial charge is 0.507 e. The van der Waals surface area contributed by atoms with E-state index in [4.69, 9.17) is 11.7 Å². The molecule has 0 bridgehead atoms. The highest BCUT2D eigenvalue weighted by Crippen LogP contribution is 2.22. The van der Waals surface area contributed by atoms with Crippen LogP contribution in [0.25, 0.3) is 4.85 Å². The van der Waals surface area contributed by atoms with Gasteiger partial charge in [-0.3, -0.25) is 10.1 Å². The molecule has 1 N–H and O–H groups in total. The zero-order chi connectivity index (χ0) is 17.4. The Morgan fingerprint density at radius 1 is 1.35 bits per heavy atom. The molecule has 0 atom stereocenters. The first kappa shape index (κ1) is 17.6. The molecule has 118 valence electrons. The number of para-hydroxylation sites is 1. The van der Waals surface area contributed by atoms with Gasteiger partial charge in [0.2, 0.25) is 0 Å². The summed E-state index contributed by atoms with van der Waals surface area (Å²) in [6, 6.07) is 9.25. The number of carbonyl (C=O) groups excluding carboxylic acids is 1. The number of carbonyl (C=O) groups is 1. The number of hydrogen-bond donors (Lipinski definition) is 1. The van der Waals surface area contributed by atoms with E-state index in [1.54, 1.807) is 12.1 Å². The molecule has 7 nitrogen and oxygen atoms in total. The maximum absolute atomic E-state index is 12.7. The summed E-state index contributed by atoms with van der Waals surface area (Å²) >= 11 is 0. The third kappa shape index (κ3) is 4.78. The van der Waals surface area contributed by atoms with Crippen molar-refractivity contribution in [3.8, 4) is 5.75 Å². The average Bonchev–Trinajstić information content (AvgIpc) is 2.54. The van der Waals surface area contributed by atoms with Gasteiger partial charge in [0.15, 0.2) is 11.5 Å². The molecule has 0 aliphatic carbocycles. The predicted octanol–water partition coefficient (Wildman–Crippen LogP) is 3.46. The summed E-state index contributed by atoms with van der Waals surface area (Å²) in [5, 5.41) is 19.2. The Morgan fingerprint density at radius 2 is 2.00 bits per heavy atom. The number of nitro groups is 1. The van der Waals surface area contributed by atoms with Gasteiger partial charge in [0.25, 0.3) is 0 Å². The molecule has 0 amide bonds. The molecule has 0 aliphatic rings. The van der Waals surface area contributed by atoms with Crippen LogP contribution in [-0.4, -0.2) is 23.1 Å². The average molecular weight is 318 g/mol. The van der Waals surface area contributed by atoms with Gasteiger partial charge in [-0.1, -0.05) is 12.1 Å². The highest BCUT2D eigenvalue weighted by Gasteiger charge is 2.12. The first-order valence-corrected chi connectivity index (χ1v) is 6.08. The van der Waals surface area contributed by atoms with E-state index >= 15 is 0 Å². The number of ether oxygens (including phenoxy) is 1. The Balaban J connectivity index is 0.000000231. The minimum atomic E-state index is -0.978. The summed E-state index contributed by atoms with van der Waals surface area (Å²) in [5.41, 5.74) is -0.365. The Hall–Kier alpha value is -3.47. The molecule has 0 unspecified atom stereocenters. The van der Waals surface area contributed by atoms with Crippen molar-refractivity contribution < 1.29 is 24.0 Å². The first-order valence-electron chi connectivity index (χ1n) is 6.08. The number of hydrogen-bond acceptors (Lipinski definition) is 5. The maximum Gasteiger partial charge on any atom is 0.341 e. The number of phenols is 1. The van der Waals surface area contributed by atoms with Crippen molar-refractivity contribution in [1.82, 2.24) is 0 Å². The van der Waals surface area contributed by atoms with Crippen LogP contribution in [0.2, 0.25) is 0 Å². The number of nitrogens with zero attached hydrogens (tertiary/aromatic N) is 2. The van der Waals surface area contributed by atoms with Crippen LogP contribution in [0, 0.1) is 22.5 Å². The number of esters is 1. The zero-order valence-electron chi connectivity index (χ0n) is 11.9. The normalized spacial score (nSPS) is 9.09. The molecular weight excluding hydrogens is 307 g/mol. The van der Waals surface area contributed by atoms with E-state index in [-0.39, 0.29) is 17.0 Å². The quantitative estimate of drug-likeness (QED) is 0.396. The molecule has 0 radical (unpaired) electrons. The first-order chi connectivity index (χ1) is 10.9. The molecule has 0 fully saturated rings. The summed E-state index contributed by atoms with van der Waals surface area (Å²) in [4.78, 5) is 23.1. The molecular formula is C15H11FN2O5. The minimum absolute atomic E-state index is 0.0538. The summed E-state index contributed by atoms with van der Waals surface area (Å²) in [7, 11) is 1.27. The third-order valence-electron chi connectivity index (χ3n) is 2.57. The van der Waals surface area contributed by atoms with E-state index in [0.717, 1.165) is 12.1 Å². The fraction of sp³-hybridized carbons (Fsp3) is 0.0667. The molecule has 0 aromatic heterocycles. The molecule has 2 rings (SSSR count). The van der Waals surface area contributed by atoms with Gasteiger partial charge in [0.05, 0.1) is 18.6 Å². The SMILES string of the molecule is COC(=O)c1ccccc1O.[C-]#[N+]c1ccc([N+](=O)[O-])c(F)c1. The lowest BCUT2D eigenvalue weighted by molar-refractivity contribution is -0.387. The predicted molar refractivity (Wildman–Crippen MR) is 78.8 cm³/mol. The number of rotatable bonds is 2. The second-order valence-electron chi connectivity index (χ2n) is 4.01. The Labute approximate surface area is 130 Å². The van der Waals surface area contributed by atoms with Gasteiger partial charge in [-0.25, -0.2) is 14.0 Å². The van der Waals surface area contributed by atoms with Crippen LogP contribution in [0.5, 0.6) is 5.75 Å². The van der Waals surface area contributed by atoms with Crippen LogP contribution >= 0.6 is 0 Å². The van der Waals surface area contributed by atoms with E-state index in [0.29, 0.717) is 0 Å². The third-order valence-corrected chi connectivity index (χ3v) is 2.57. The number of phenolic OH excluding ortho intramolecular Hbond substituents is 1. The number of aromatic hydroxyl groups is 1. The lowest BCUT2D eigenvalue weighted by Crippen LogP contribution is -2.00. The summed E-state index contributed by atoms with van der Waals surface area (Å²) in [5.74, 6) is -1.56. The minimum Gasteiger partial charge on any atom is -0.507 e. The van der Waals surface area contributed by atoms with Crippen molar-refractivity contribution in [2.75, 3.05) is 7.11 Å². The van der Waals surface area contributed by atoms with Gasteiger partial charge in [0, 0.05) is 6.07 Å². The Bertz CT molecular complexity index is 771. The Morgan fingerprint density at radius 3 is 2.48 bits per heavy atom. The standard InChI is InChI=1S/C8H8O3.C7H3FN2O2/c1-11-8(10)6-4-2-3-5-7(6)9;1-9-5-2-3-7(10(11)12)6(8)4-5/h2-5,9H,1H3;2-4H. The molecule has 0 aliphatic heterocycles. The van der Waals surface area contributed by atoms with Gasteiger partial charge in [-0.2, -0.15) is 0 Å². The molecule has 2 aromatic carbocycles. The van der Waals surface area contributed by atoms with Crippen molar-refractivity contribution >= 4 is 17.3 Å². The number of nitro benzene ring substituents is 1. The topological polar surface area (TPSA) is 94.0 Å². The molecule has 2 aromatic rings. The van der Waals surface area contributed by atoms with Gasteiger partial charge in [0.1, 0.15) is 11.3 Å². The van der Waals surface area contributed by atoms with Gasteiger partial charge in [-0.15, -0.1) is 0 Å². The van der Waals surface area contributed by atoms with Crippen molar-refractivity contribution in [3.05, 3.63) is 75.4 Å².